The molecule has 2 aliphatic heterocycles. The molecule has 0 bridgehead atoms. The normalized spacial score (nSPS) is 26.6. The second-order valence-electron chi connectivity index (χ2n) is 5.02. The van der Waals surface area contributed by atoms with Crippen molar-refractivity contribution < 1.29 is 19.4 Å². The summed E-state index contributed by atoms with van der Waals surface area (Å²) in [7, 11) is 0. The van der Waals surface area contributed by atoms with Crippen LogP contribution in [0.4, 0.5) is 0 Å². The molecule has 0 radical (unpaired) electrons. The van der Waals surface area contributed by atoms with Gasteiger partial charge < -0.3 is 20.1 Å². The van der Waals surface area contributed by atoms with Gasteiger partial charge in [0.2, 0.25) is 5.91 Å². The van der Waals surface area contributed by atoms with Gasteiger partial charge in [0.25, 0.3) is 0 Å². The number of carbonyl (C=O) groups excluding carboxylic acids is 1. The third-order valence-electron chi connectivity index (χ3n) is 3.32. The largest absolute Gasteiger partial charge is 0.480 e. The summed E-state index contributed by atoms with van der Waals surface area (Å²) in [5.74, 6) is -0.735. The monoisotopic (exact) mass is 242 g/mol. The maximum Gasteiger partial charge on any atom is 0.329 e. The van der Waals surface area contributed by atoms with Gasteiger partial charge in [0.1, 0.15) is 12.2 Å². The Kier molecular flexibility index (Phi) is 3.35. The van der Waals surface area contributed by atoms with Crippen LogP contribution in [0.25, 0.3) is 0 Å². The van der Waals surface area contributed by atoms with Crippen LogP contribution in [-0.4, -0.2) is 60.3 Å². The molecule has 0 aliphatic carbocycles. The van der Waals surface area contributed by atoms with Gasteiger partial charge in [-0.05, 0) is 19.9 Å². The lowest BCUT2D eigenvalue weighted by atomic mass is 9.93. The van der Waals surface area contributed by atoms with E-state index < -0.39 is 11.6 Å². The minimum Gasteiger partial charge on any atom is -0.480 e. The molecule has 2 fully saturated rings. The Bertz CT molecular complexity index is 319. The van der Waals surface area contributed by atoms with Crippen LogP contribution < -0.4 is 5.32 Å². The molecule has 0 aromatic rings. The Balaban J connectivity index is 1.77. The highest BCUT2D eigenvalue weighted by molar-refractivity contribution is 5.80. The molecule has 0 aromatic heterocycles. The quantitative estimate of drug-likeness (QED) is 0.681. The van der Waals surface area contributed by atoms with E-state index in [2.05, 4.69) is 5.32 Å². The zero-order chi connectivity index (χ0) is 12.5. The van der Waals surface area contributed by atoms with E-state index in [0.29, 0.717) is 13.1 Å². The van der Waals surface area contributed by atoms with Crippen molar-refractivity contribution in [1.29, 1.82) is 0 Å². The summed E-state index contributed by atoms with van der Waals surface area (Å²) in [5.41, 5.74) is -0.486. The van der Waals surface area contributed by atoms with Crippen molar-refractivity contribution in [3.63, 3.8) is 0 Å². The lowest BCUT2D eigenvalue weighted by Gasteiger charge is -2.48. The number of aliphatic carboxylic acids is 1. The number of carboxylic acid groups (broad SMARTS) is 1. The van der Waals surface area contributed by atoms with Crippen molar-refractivity contribution in [2.24, 2.45) is 5.92 Å². The minimum atomic E-state index is -0.976. The highest BCUT2D eigenvalue weighted by atomic mass is 16.5. The Hall–Kier alpha value is -1.14. The predicted octanol–water partition coefficient (Wildman–Crippen LogP) is -0.702. The zero-order valence-corrected chi connectivity index (χ0v) is 9.94. The van der Waals surface area contributed by atoms with Gasteiger partial charge in [0.05, 0.1) is 19.0 Å². The first-order valence-electron chi connectivity index (χ1n) is 5.85. The molecule has 0 saturated carbocycles. The average Bonchev–Trinajstić information content (AvgIpc) is 2.74. The smallest absolute Gasteiger partial charge is 0.329 e. The van der Waals surface area contributed by atoms with Crippen molar-refractivity contribution in [2.45, 2.75) is 18.9 Å². The average molecular weight is 242 g/mol. The van der Waals surface area contributed by atoms with Crippen LogP contribution in [0.5, 0.6) is 0 Å². The number of ether oxygens (including phenoxy) is 1. The first-order valence-corrected chi connectivity index (χ1v) is 5.85. The molecule has 1 atom stereocenters. The summed E-state index contributed by atoms with van der Waals surface area (Å²) in [6, 6.07) is 0. The molecule has 2 saturated heterocycles. The SMILES string of the molecule is CC1(OCC(=O)O)CN(C(=O)C2CCNC2)C1. The Morgan fingerprint density at radius 1 is 1.53 bits per heavy atom. The Morgan fingerprint density at radius 2 is 2.24 bits per heavy atom. The number of carbonyl (C=O) groups is 2. The molecule has 17 heavy (non-hydrogen) atoms. The van der Waals surface area contributed by atoms with Gasteiger partial charge in [-0.25, -0.2) is 4.79 Å². The molecule has 1 unspecified atom stereocenters. The summed E-state index contributed by atoms with van der Waals surface area (Å²) < 4.78 is 5.26. The van der Waals surface area contributed by atoms with Crippen LogP contribution in [-0.2, 0) is 14.3 Å². The Morgan fingerprint density at radius 3 is 2.76 bits per heavy atom. The van der Waals surface area contributed by atoms with E-state index in [1.807, 2.05) is 6.92 Å². The highest BCUT2D eigenvalue weighted by Gasteiger charge is 2.44. The van der Waals surface area contributed by atoms with E-state index in [4.69, 9.17) is 9.84 Å². The van der Waals surface area contributed by atoms with Crippen LogP contribution in [0.1, 0.15) is 13.3 Å². The van der Waals surface area contributed by atoms with Crippen LogP contribution >= 0.6 is 0 Å². The lowest BCUT2D eigenvalue weighted by Crippen LogP contribution is -2.64. The lowest BCUT2D eigenvalue weighted by molar-refractivity contribution is -0.175. The van der Waals surface area contributed by atoms with Gasteiger partial charge in [-0.3, -0.25) is 4.79 Å². The topological polar surface area (TPSA) is 78.9 Å². The molecular weight excluding hydrogens is 224 g/mol. The van der Waals surface area contributed by atoms with Crippen molar-refractivity contribution in [3.8, 4) is 0 Å². The zero-order valence-electron chi connectivity index (χ0n) is 9.94. The van der Waals surface area contributed by atoms with Crippen LogP contribution in [0.3, 0.4) is 0 Å². The molecule has 6 heteroatoms. The van der Waals surface area contributed by atoms with Gasteiger partial charge in [0, 0.05) is 6.54 Å². The fraction of sp³-hybridized carbons (Fsp3) is 0.818. The Labute approximate surface area is 99.9 Å². The molecule has 2 aliphatic rings. The van der Waals surface area contributed by atoms with Crippen molar-refractivity contribution in [3.05, 3.63) is 0 Å². The number of carboxylic acids is 1. The fourth-order valence-electron chi connectivity index (χ4n) is 2.37. The predicted molar refractivity (Wildman–Crippen MR) is 59.5 cm³/mol. The minimum absolute atomic E-state index is 0.0824. The van der Waals surface area contributed by atoms with Crippen molar-refractivity contribution in [1.82, 2.24) is 10.2 Å². The summed E-state index contributed by atoms with van der Waals surface area (Å²) in [6.07, 6.45) is 0.891. The number of hydrogen-bond acceptors (Lipinski definition) is 4. The number of likely N-dealkylation sites (tertiary alicyclic amines) is 1. The van der Waals surface area contributed by atoms with E-state index >= 15 is 0 Å². The molecule has 2 rings (SSSR count). The van der Waals surface area contributed by atoms with Gasteiger partial charge >= 0.3 is 5.97 Å². The van der Waals surface area contributed by atoms with Gasteiger partial charge in [-0.15, -0.1) is 0 Å². The van der Waals surface area contributed by atoms with Gasteiger partial charge in [-0.2, -0.15) is 0 Å². The molecule has 0 spiro atoms. The molecular formula is C11H18N2O4. The summed E-state index contributed by atoms with van der Waals surface area (Å²) >= 11 is 0. The first kappa shape index (κ1) is 12.3. The van der Waals surface area contributed by atoms with Crippen LogP contribution in [0.15, 0.2) is 0 Å². The van der Waals surface area contributed by atoms with E-state index in [1.54, 1.807) is 4.90 Å². The van der Waals surface area contributed by atoms with Crippen molar-refractivity contribution in [2.75, 3.05) is 32.8 Å². The van der Waals surface area contributed by atoms with E-state index in [-0.39, 0.29) is 18.4 Å². The third kappa shape index (κ3) is 2.76. The third-order valence-corrected chi connectivity index (χ3v) is 3.32. The molecule has 1 amide bonds. The molecule has 2 N–H and O–H groups in total. The molecule has 6 nitrogen and oxygen atoms in total. The summed E-state index contributed by atoms with van der Waals surface area (Å²) in [5, 5.41) is 11.7. The maximum absolute atomic E-state index is 12.0. The van der Waals surface area contributed by atoms with E-state index in [0.717, 1.165) is 19.5 Å². The second kappa shape index (κ2) is 4.62. The highest BCUT2D eigenvalue weighted by Crippen LogP contribution is 2.27. The van der Waals surface area contributed by atoms with Gasteiger partial charge in [0.15, 0.2) is 0 Å². The fourth-order valence-corrected chi connectivity index (χ4v) is 2.37. The summed E-state index contributed by atoms with van der Waals surface area (Å²) in [4.78, 5) is 24.1. The number of rotatable bonds is 4. The first-order chi connectivity index (χ1) is 8.00. The molecule has 96 valence electrons. The maximum atomic E-state index is 12.0. The number of amides is 1. The van der Waals surface area contributed by atoms with Gasteiger partial charge in [-0.1, -0.05) is 0 Å². The van der Waals surface area contributed by atoms with E-state index in [9.17, 15) is 9.59 Å². The molecule has 0 aromatic carbocycles. The molecule has 2 heterocycles. The number of nitrogens with one attached hydrogen (secondary N) is 1. The van der Waals surface area contributed by atoms with Crippen LogP contribution in [0, 0.1) is 5.92 Å². The van der Waals surface area contributed by atoms with Crippen molar-refractivity contribution >= 4 is 11.9 Å². The number of nitrogens with zero attached hydrogens (tertiary/aromatic N) is 1. The summed E-state index contributed by atoms with van der Waals surface area (Å²) in [6.45, 7) is 4.18. The number of hydrogen-bond donors (Lipinski definition) is 2. The van der Waals surface area contributed by atoms with Crippen LogP contribution in [0.2, 0.25) is 0 Å². The second-order valence-corrected chi connectivity index (χ2v) is 5.02. The standard InChI is InChI=1S/C11H18N2O4/c1-11(17-5-9(14)15)6-13(7-11)10(16)8-2-3-12-4-8/h8,12H,2-7H2,1H3,(H,14,15). The van der Waals surface area contributed by atoms with E-state index in [1.165, 1.54) is 0 Å².